The van der Waals surface area contributed by atoms with E-state index in [9.17, 15) is 9.90 Å². The maximum atomic E-state index is 13.5. The molecule has 166 valence electrons. The van der Waals surface area contributed by atoms with E-state index in [1.54, 1.807) is 0 Å². The number of rotatable bonds is 5. The van der Waals surface area contributed by atoms with E-state index in [-0.39, 0.29) is 28.8 Å². The largest absolute Gasteiger partial charge is 0.393 e. The van der Waals surface area contributed by atoms with E-state index in [0.29, 0.717) is 29.5 Å². The Balaban J connectivity index is 1.56. The predicted molar refractivity (Wildman–Crippen MR) is 119 cm³/mol. The second-order valence-electron chi connectivity index (χ2n) is 12.5. The lowest BCUT2D eigenvalue weighted by Crippen LogP contribution is -2.61. The molecule has 1 N–H and O–H groups in total. The Kier molecular flexibility index (Phi) is 5.99. The Bertz CT molecular complexity index is 612. The fourth-order valence-electron chi connectivity index (χ4n) is 9.09. The topological polar surface area (TPSA) is 37.3 Å². The molecule has 0 aromatic rings. The number of fused-ring (bicyclic) bond motifs is 5. The van der Waals surface area contributed by atoms with Gasteiger partial charge in [-0.15, -0.1) is 0 Å². The molecule has 0 spiro atoms. The molecule has 4 rings (SSSR count). The van der Waals surface area contributed by atoms with Crippen LogP contribution in [0, 0.1) is 52.3 Å². The molecule has 2 nitrogen and oxygen atoms in total. The number of carbonyl (C=O) groups is 1. The highest BCUT2D eigenvalue weighted by Gasteiger charge is 2.65. The zero-order chi connectivity index (χ0) is 21.0. The molecule has 0 bridgehead atoms. The molecule has 0 aromatic heterocycles. The minimum atomic E-state index is -0.278. The van der Waals surface area contributed by atoms with Crippen molar-refractivity contribution in [1.29, 1.82) is 0 Å². The summed E-state index contributed by atoms with van der Waals surface area (Å²) in [7, 11) is 0. The van der Waals surface area contributed by atoms with Gasteiger partial charge in [-0.3, -0.25) is 4.79 Å². The Labute approximate surface area is 179 Å². The first-order valence-corrected chi connectivity index (χ1v) is 12.9. The minimum Gasteiger partial charge on any atom is -0.393 e. The van der Waals surface area contributed by atoms with E-state index in [1.165, 1.54) is 57.8 Å². The number of hydrogen-bond acceptors (Lipinski definition) is 2. The van der Waals surface area contributed by atoms with Crippen molar-refractivity contribution >= 4 is 5.78 Å². The smallest absolute Gasteiger partial charge is 0.136 e. The second-order valence-corrected chi connectivity index (χ2v) is 12.5. The Hall–Kier alpha value is -0.370. The highest BCUT2D eigenvalue weighted by atomic mass is 16.3. The van der Waals surface area contributed by atoms with Gasteiger partial charge in [0.2, 0.25) is 0 Å². The second kappa shape index (κ2) is 7.95. The van der Waals surface area contributed by atoms with Crippen LogP contribution in [-0.4, -0.2) is 17.0 Å². The van der Waals surface area contributed by atoms with Gasteiger partial charge in [-0.05, 0) is 72.5 Å². The van der Waals surface area contributed by atoms with Crippen molar-refractivity contribution < 1.29 is 9.90 Å². The molecule has 4 fully saturated rings. The molecule has 0 aliphatic heterocycles. The van der Waals surface area contributed by atoms with Gasteiger partial charge >= 0.3 is 0 Å². The maximum Gasteiger partial charge on any atom is 0.136 e. The summed E-state index contributed by atoms with van der Waals surface area (Å²) < 4.78 is 0. The number of hydrogen-bond donors (Lipinski definition) is 1. The Morgan fingerprint density at radius 2 is 1.79 bits per heavy atom. The normalized spacial score (nSPS) is 48.2. The molecule has 2 heteroatoms. The summed E-state index contributed by atoms with van der Waals surface area (Å²) in [6.45, 7) is 12.0. The summed E-state index contributed by atoms with van der Waals surface area (Å²) in [6.07, 6.45) is 12.9. The molecule has 0 aromatic carbocycles. The van der Waals surface area contributed by atoms with Gasteiger partial charge in [-0.25, -0.2) is 0 Å². The van der Waals surface area contributed by atoms with Crippen molar-refractivity contribution in [3.05, 3.63) is 0 Å². The van der Waals surface area contributed by atoms with Crippen LogP contribution in [0.5, 0.6) is 0 Å². The number of aliphatic hydroxyl groups excluding tert-OH is 1. The van der Waals surface area contributed by atoms with Crippen LogP contribution in [0.25, 0.3) is 0 Å². The molecule has 0 saturated heterocycles. The third kappa shape index (κ3) is 3.54. The van der Waals surface area contributed by atoms with E-state index in [0.717, 1.165) is 18.8 Å². The number of carbonyl (C=O) groups excluding carboxylic acids is 1. The molecule has 29 heavy (non-hydrogen) atoms. The first kappa shape index (κ1) is 21.8. The quantitative estimate of drug-likeness (QED) is 0.559. The van der Waals surface area contributed by atoms with Crippen molar-refractivity contribution in [1.82, 2.24) is 0 Å². The van der Waals surface area contributed by atoms with Gasteiger partial charge in [-0.1, -0.05) is 66.7 Å². The highest BCUT2D eigenvalue weighted by Crippen LogP contribution is 2.67. The van der Waals surface area contributed by atoms with Crippen LogP contribution in [0.15, 0.2) is 0 Å². The van der Waals surface area contributed by atoms with Gasteiger partial charge in [0.25, 0.3) is 0 Å². The van der Waals surface area contributed by atoms with E-state index in [1.807, 2.05) is 0 Å². The Morgan fingerprint density at radius 1 is 1.03 bits per heavy atom. The number of aliphatic hydroxyl groups is 1. The lowest BCUT2D eigenvalue weighted by Gasteiger charge is -2.61. The first-order valence-electron chi connectivity index (χ1n) is 12.9. The molecule has 0 heterocycles. The van der Waals surface area contributed by atoms with Gasteiger partial charge in [0.1, 0.15) is 5.78 Å². The van der Waals surface area contributed by atoms with Crippen molar-refractivity contribution in [2.24, 2.45) is 52.3 Å². The van der Waals surface area contributed by atoms with E-state index >= 15 is 0 Å². The highest BCUT2D eigenvalue weighted by molar-refractivity contribution is 5.83. The fraction of sp³-hybridized carbons (Fsp3) is 0.963. The van der Waals surface area contributed by atoms with E-state index in [2.05, 4.69) is 34.6 Å². The van der Waals surface area contributed by atoms with E-state index < -0.39 is 0 Å². The molecule has 4 aliphatic carbocycles. The third-order valence-corrected chi connectivity index (χ3v) is 10.5. The molecule has 0 radical (unpaired) electrons. The maximum absolute atomic E-state index is 13.5. The molecular weight excluding hydrogens is 356 g/mol. The molecule has 4 aliphatic rings. The number of Topliss-reactive ketones (excluding diaryl/α,β-unsaturated/α-hetero) is 1. The van der Waals surface area contributed by atoms with Crippen molar-refractivity contribution in [2.75, 3.05) is 0 Å². The van der Waals surface area contributed by atoms with Gasteiger partial charge in [0.15, 0.2) is 0 Å². The zero-order valence-electron chi connectivity index (χ0n) is 19.8. The van der Waals surface area contributed by atoms with Crippen molar-refractivity contribution in [2.45, 2.75) is 111 Å². The zero-order valence-corrected chi connectivity index (χ0v) is 19.8. The van der Waals surface area contributed by atoms with E-state index in [4.69, 9.17) is 0 Å². The summed E-state index contributed by atoms with van der Waals surface area (Å²) in [5, 5.41) is 11.5. The average molecular weight is 403 g/mol. The standard InChI is InChI=1S/C27H46O2/c1-17(2)9-8-10-18(3)20-12-13-21-24-22(28)15-19-11-6-7-14-26(19,4)25(24)23(29)16-27(20,21)5/h17-21,23-25,29H,6-16H2,1-5H3/t18-,19?,20-,21+,23?,24-,25+,26+,27-/m1/s1. The molecule has 0 amide bonds. The monoisotopic (exact) mass is 402 g/mol. The lowest BCUT2D eigenvalue weighted by atomic mass is 9.43. The summed E-state index contributed by atoms with van der Waals surface area (Å²) >= 11 is 0. The van der Waals surface area contributed by atoms with Crippen LogP contribution in [0.1, 0.15) is 105 Å². The van der Waals surface area contributed by atoms with Gasteiger partial charge in [0, 0.05) is 18.3 Å². The van der Waals surface area contributed by atoms with Gasteiger partial charge in [-0.2, -0.15) is 0 Å². The van der Waals surface area contributed by atoms with Crippen molar-refractivity contribution in [3.63, 3.8) is 0 Å². The van der Waals surface area contributed by atoms with Crippen molar-refractivity contribution in [3.8, 4) is 0 Å². The summed E-state index contributed by atoms with van der Waals surface area (Å²) in [4.78, 5) is 13.5. The average Bonchev–Trinajstić information content (AvgIpc) is 2.98. The van der Waals surface area contributed by atoms with Crippen LogP contribution in [0.3, 0.4) is 0 Å². The van der Waals surface area contributed by atoms with Crippen LogP contribution < -0.4 is 0 Å². The molecule has 2 unspecified atom stereocenters. The summed E-state index contributed by atoms with van der Waals surface area (Å²) in [5.41, 5.74) is 0.351. The third-order valence-electron chi connectivity index (χ3n) is 10.5. The molecular formula is C27H46O2. The molecule has 9 atom stereocenters. The van der Waals surface area contributed by atoms with Crippen LogP contribution in [0.4, 0.5) is 0 Å². The lowest BCUT2D eigenvalue weighted by molar-refractivity contribution is -0.181. The minimum absolute atomic E-state index is 0.135. The summed E-state index contributed by atoms with van der Waals surface area (Å²) in [5.74, 6) is 4.09. The van der Waals surface area contributed by atoms with Gasteiger partial charge in [0.05, 0.1) is 6.10 Å². The Morgan fingerprint density at radius 3 is 2.52 bits per heavy atom. The van der Waals surface area contributed by atoms with Crippen LogP contribution in [0.2, 0.25) is 0 Å². The predicted octanol–water partition coefficient (Wildman–Crippen LogP) is 6.65. The fourth-order valence-corrected chi connectivity index (χ4v) is 9.09. The number of ketones is 1. The first-order chi connectivity index (χ1) is 13.7. The summed E-state index contributed by atoms with van der Waals surface area (Å²) in [6, 6.07) is 0. The van der Waals surface area contributed by atoms with Gasteiger partial charge < -0.3 is 5.11 Å². The van der Waals surface area contributed by atoms with Crippen LogP contribution >= 0.6 is 0 Å². The SMILES string of the molecule is CC(C)CCC[C@@H](C)[C@H]1CC[C@H]2[C@@H]3C(=O)CC4CCCC[C@]4(C)[C@H]3C(O)C[C@]12C. The van der Waals surface area contributed by atoms with Crippen LogP contribution in [-0.2, 0) is 4.79 Å². The molecule has 4 saturated carbocycles.